The second kappa shape index (κ2) is 8.39. The first kappa shape index (κ1) is 19.8. The van der Waals surface area contributed by atoms with E-state index in [2.05, 4.69) is 4.98 Å². The number of amides is 1. The van der Waals surface area contributed by atoms with Gasteiger partial charge in [-0.15, -0.1) is 0 Å². The molecule has 0 radical (unpaired) electrons. The summed E-state index contributed by atoms with van der Waals surface area (Å²) >= 11 is 0. The first-order valence-electron chi connectivity index (χ1n) is 8.69. The number of alkyl halides is 3. The smallest absolute Gasteiger partial charge is 0.384 e. The standard InChI is InChI=1S/C21H19F3N2O2/c1-28-14-15-6-4-7-16(12-15)26(17-8-5-11-25-13-17)20(27)18-9-2-3-10-19(18)21(22,23)24/h2-11,13,15H,12,14H2,1H3. The molecule has 0 saturated heterocycles. The summed E-state index contributed by atoms with van der Waals surface area (Å²) < 4.78 is 45.5. The molecule has 0 bridgehead atoms. The molecule has 1 amide bonds. The summed E-state index contributed by atoms with van der Waals surface area (Å²) in [5, 5.41) is 0. The zero-order chi connectivity index (χ0) is 20.1. The number of aromatic nitrogens is 1. The predicted molar refractivity (Wildman–Crippen MR) is 99.7 cm³/mol. The Morgan fingerprint density at radius 2 is 2.04 bits per heavy atom. The van der Waals surface area contributed by atoms with Gasteiger partial charge >= 0.3 is 6.18 Å². The summed E-state index contributed by atoms with van der Waals surface area (Å²) in [6.45, 7) is 0.446. The molecule has 2 aromatic rings. The van der Waals surface area contributed by atoms with Crippen molar-refractivity contribution in [3.05, 3.63) is 83.8 Å². The second-order valence-corrected chi connectivity index (χ2v) is 6.36. The molecule has 0 saturated carbocycles. The quantitative estimate of drug-likeness (QED) is 0.735. The van der Waals surface area contributed by atoms with Gasteiger partial charge in [0.25, 0.3) is 5.91 Å². The molecule has 0 fully saturated rings. The molecule has 4 nitrogen and oxygen atoms in total. The fraction of sp³-hybridized carbons (Fsp3) is 0.238. The van der Waals surface area contributed by atoms with Crippen molar-refractivity contribution in [3.8, 4) is 0 Å². The first-order valence-corrected chi connectivity index (χ1v) is 8.69. The fourth-order valence-electron chi connectivity index (χ4n) is 3.16. The second-order valence-electron chi connectivity index (χ2n) is 6.36. The number of rotatable bonds is 5. The van der Waals surface area contributed by atoms with Crippen LogP contribution in [0.1, 0.15) is 22.3 Å². The number of nitrogens with zero attached hydrogens (tertiary/aromatic N) is 2. The summed E-state index contributed by atoms with van der Waals surface area (Å²) in [5.74, 6) is -0.728. The molecule has 28 heavy (non-hydrogen) atoms. The van der Waals surface area contributed by atoms with Crippen LogP contribution in [-0.4, -0.2) is 24.6 Å². The number of allylic oxidation sites excluding steroid dienone is 3. The van der Waals surface area contributed by atoms with Crippen LogP contribution in [0.5, 0.6) is 0 Å². The van der Waals surface area contributed by atoms with Crippen LogP contribution in [0.2, 0.25) is 0 Å². The van der Waals surface area contributed by atoms with Crippen molar-refractivity contribution in [1.82, 2.24) is 4.98 Å². The van der Waals surface area contributed by atoms with Gasteiger partial charge in [0.15, 0.2) is 0 Å². The number of pyridine rings is 1. The van der Waals surface area contributed by atoms with Gasteiger partial charge < -0.3 is 4.74 Å². The largest absolute Gasteiger partial charge is 0.417 e. The molecule has 7 heteroatoms. The number of benzene rings is 1. The molecule has 0 N–H and O–H groups in total. The summed E-state index contributed by atoms with van der Waals surface area (Å²) in [7, 11) is 1.58. The van der Waals surface area contributed by atoms with E-state index in [0.717, 1.165) is 6.07 Å². The number of ether oxygens (including phenoxy) is 1. The lowest BCUT2D eigenvalue weighted by Gasteiger charge is -2.29. The van der Waals surface area contributed by atoms with Gasteiger partial charge in [0, 0.05) is 24.9 Å². The van der Waals surface area contributed by atoms with Crippen molar-refractivity contribution in [2.45, 2.75) is 12.6 Å². The number of hydrogen-bond acceptors (Lipinski definition) is 3. The van der Waals surface area contributed by atoms with Gasteiger partial charge in [-0.1, -0.05) is 24.3 Å². The molecule has 1 aliphatic carbocycles. The average molecular weight is 388 g/mol. The van der Waals surface area contributed by atoms with Gasteiger partial charge in [0.1, 0.15) is 0 Å². The topological polar surface area (TPSA) is 42.4 Å². The van der Waals surface area contributed by atoms with Crippen LogP contribution >= 0.6 is 0 Å². The molecular formula is C21H19F3N2O2. The van der Waals surface area contributed by atoms with Crippen LogP contribution in [0.4, 0.5) is 18.9 Å². The molecular weight excluding hydrogens is 369 g/mol. The van der Waals surface area contributed by atoms with Crippen LogP contribution < -0.4 is 4.90 Å². The van der Waals surface area contributed by atoms with Gasteiger partial charge in [0.2, 0.25) is 0 Å². The van der Waals surface area contributed by atoms with E-state index >= 15 is 0 Å². The van der Waals surface area contributed by atoms with E-state index in [0.29, 0.717) is 24.4 Å². The van der Waals surface area contributed by atoms with Crippen LogP contribution in [0.15, 0.2) is 72.7 Å². The molecule has 1 heterocycles. The maximum atomic E-state index is 13.5. The third kappa shape index (κ3) is 4.31. The van der Waals surface area contributed by atoms with E-state index < -0.39 is 23.2 Å². The monoisotopic (exact) mass is 388 g/mol. The Morgan fingerprint density at radius 3 is 2.71 bits per heavy atom. The van der Waals surface area contributed by atoms with E-state index in [-0.39, 0.29) is 5.92 Å². The Balaban J connectivity index is 2.06. The van der Waals surface area contributed by atoms with E-state index in [9.17, 15) is 18.0 Å². The fourth-order valence-corrected chi connectivity index (χ4v) is 3.16. The molecule has 3 rings (SSSR count). The highest BCUT2D eigenvalue weighted by Gasteiger charge is 2.37. The van der Waals surface area contributed by atoms with Gasteiger partial charge in [-0.2, -0.15) is 13.2 Å². The molecule has 0 spiro atoms. The van der Waals surface area contributed by atoms with Crippen molar-refractivity contribution in [1.29, 1.82) is 0 Å². The Hall–Kier alpha value is -2.93. The Morgan fingerprint density at radius 1 is 1.25 bits per heavy atom. The van der Waals surface area contributed by atoms with Crippen molar-refractivity contribution in [2.75, 3.05) is 18.6 Å². The van der Waals surface area contributed by atoms with Crippen LogP contribution in [0, 0.1) is 5.92 Å². The minimum atomic E-state index is -4.63. The molecule has 146 valence electrons. The highest BCUT2D eigenvalue weighted by atomic mass is 19.4. The summed E-state index contributed by atoms with van der Waals surface area (Å²) in [6, 6.07) is 8.08. The van der Waals surface area contributed by atoms with Crippen molar-refractivity contribution < 1.29 is 22.7 Å². The van der Waals surface area contributed by atoms with Crippen molar-refractivity contribution in [2.24, 2.45) is 5.92 Å². The molecule has 1 unspecified atom stereocenters. The van der Waals surface area contributed by atoms with E-state index in [4.69, 9.17) is 4.74 Å². The minimum absolute atomic E-state index is 0.0230. The highest BCUT2D eigenvalue weighted by molar-refractivity contribution is 6.09. The molecule has 1 aliphatic rings. The Kier molecular flexibility index (Phi) is 5.94. The normalized spacial score (nSPS) is 16.6. The number of methoxy groups -OCH3 is 1. The molecule has 1 atom stereocenters. The summed E-state index contributed by atoms with van der Waals surface area (Å²) in [6.07, 6.45) is 4.29. The van der Waals surface area contributed by atoms with E-state index in [1.165, 1.54) is 29.3 Å². The number of halogens is 3. The number of carbonyl (C=O) groups is 1. The predicted octanol–water partition coefficient (Wildman–Crippen LogP) is 4.85. The molecule has 1 aromatic heterocycles. The first-order chi connectivity index (χ1) is 13.4. The van der Waals surface area contributed by atoms with E-state index in [1.54, 1.807) is 37.6 Å². The minimum Gasteiger partial charge on any atom is -0.384 e. The average Bonchev–Trinajstić information content (AvgIpc) is 2.69. The van der Waals surface area contributed by atoms with Crippen LogP contribution in [0.3, 0.4) is 0 Å². The Labute approximate surface area is 161 Å². The van der Waals surface area contributed by atoms with E-state index in [1.807, 2.05) is 6.08 Å². The summed E-state index contributed by atoms with van der Waals surface area (Å²) in [5.41, 5.74) is -0.381. The number of hydrogen-bond donors (Lipinski definition) is 0. The number of carbonyl (C=O) groups excluding carboxylic acids is 1. The number of anilines is 1. The van der Waals surface area contributed by atoms with Crippen LogP contribution in [-0.2, 0) is 10.9 Å². The SMILES string of the molecule is COCC1C=CC=C(N(C(=O)c2ccccc2C(F)(F)F)c2cccnc2)C1. The van der Waals surface area contributed by atoms with Crippen molar-refractivity contribution >= 4 is 11.6 Å². The van der Waals surface area contributed by atoms with Crippen LogP contribution in [0.25, 0.3) is 0 Å². The lowest BCUT2D eigenvalue weighted by Crippen LogP contribution is -2.33. The third-order valence-electron chi connectivity index (χ3n) is 4.38. The van der Waals surface area contributed by atoms with Gasteiger partial charge in [-0.3, -0.25) is 14.7 Å². The maximum Gasteiger partial charge on any atom is 0.417 e. The Bertz CT molecular complexity index is 892. The van der Waals surface area contributed by atoms with Crippen molar-refractivity contribution in [3.63, 3.8) is 0 Å². The lowest BCUT2D eigenvalue weighted by atomic mass is 9.97. The summed E-state index contributed by atoms with van der Waals surface area (Å²) in [4.78, 5) is 18.6. The zero-order valence-corrected chi connectivity index (χ0v) is 15.2. The maximum absolute atomic E-state index is 13.5. The third-order valence-corrected chi connectivity index (χ3v) is 4.38. The molecule has 1 aromatic carbocycles. The molecule has 0 aliphatic heterocycles. The van der Waals surface area contributed by atoms with Gasteiger partial charge in [0.05, 0.1) is 29.6 Å². The lowest BCUT2D eigenvalue weighted by molar-refractivity contribution is -0.137. The zero-order valence-electron chi connectivity index (χ0n) is 15.2. The van der Waals surface area contributed by atoms with Gasteiger partial charge in [-0.25, -0.2) is 0 Å². The highest BCUT2D eigenvalue weighted by Crippen LogP contribution is 2.35. The van der Waals surface area contributed by atoms with Gasteiger partial charge in [-0.05, 0) is 36.8 Å².